The third kappa shape index (κ3) is 3.02. The summed E-state index contributed by atoms with van der Waals surface area (Å²) < 4.78 is 6.93. The fourth-order valence-corrected chi connectivity index (χ4v) is 3.42. The number of piperidine rings is 1. The standard InChI is InChI=1S/C18H20N4O3/c1-11-8-12(6-7-19-11)21-15(23)9-22-10-20-16-13-4-2-3-5-14(13)25-17(16)18(22)24/h2-5,10-12,19H,6-9H2,1H3,(H,21,23). The topological polar surface area (TPSA) is 89.2 Å². The van der Waals surface area contributed by atoms with Crippen LogP contribution in [-0.4, -0.2) is 34.1 Å². The molecule has 1 aromatic carbocycles. The summed E-state index contributed by atoms with van der Waals surface area (Å²) in [6, 6.07) is 7.90. The minimum Gasteiger partial charge on any atom is -0.448 e. The molecule has 2 N–H and O–H groups in total. The Hall–Kier alpha value is -2.67. The van der Waals surface area contributed by atoms with E-state index in [-0.39, 0.29) is 29.6 Å². The van der Waals surface area contributed by atoms with Crippen molar-refractivity contribution in [2.75, 3.05) is 6.54 Å². The molecule has 2 atom stereocenters. The summed E-state index contributed by atoms with van der Waals surface area (Å²) in [4.78, 5) is 29.2. The van der Waals surface area contributed by atoms with Crippen molar-refractivity contribution in [3.8, 4) is 0 Å². The van der Waals surface area contributed by atoms with Gasteiger partial charge in [-0.3, -0.25) is 14.2 Å². The molecule has 0 saturated carbocycles. The van der Waals surface area contributed by atoms with Gasteiger partial charge in [0, 0.05) is 17.5 Å². The van der Waals surface area contributed by atoms with Crippen molar-refractivity contribution >= 4 is 28.0 Å². The van der Waals surface area contributed by atoms with Gasteiger partial charge in [-0.15, -0.1) is 0 Å². The van der Waals surface area contributed by atoms with E-state index in [9.17, 15) is 9.59 Å². The molecule has 1 saturated heterocycles. The predicted molar refractivity (Wildman–Crippen MR) is 94.4 cm³/mol. The largest absolute Gasteiger partial charge is 0.448 e. The second kappa shape index (κ2) is 6.33. The van der Waals surface area contributed by atoms with Crippen LogP contribution in [0.1, 0.15) is 19.8 Å². The average Bonchev–Trinajstić information content (AvgIpc) is 2.97. The monoisotopic (exact) mass is 340 g/mol. The number of amides is 1. The van der Waals surface area contributed by atoms with Gasteiger partial charge in [0.15, 0.2) is 0 Å². The van der Waals surface area contributed by atoms with Crippen LogP contribution in [0.15, 0.2) is 39.8 Å². The zero-order valence-corrected chi connectivity index (χ0v) is 14.0. The van der Waals surface area contributed by atoms with Crippen LogP contribution in [0.2, 0.25) is 0 Å². The lowest BCUT2D eigenvalue weighted by molar-refractivity contribution is -0.122. The zero-order valence-electron chi connectivity index (χ0n) is 14.0. The van der Waals surface area contributed by atoms with E-state index in [2.05, 4.69) is 22.5 Å². The number of fused-ring (bicyclic) bond motifs is 3. The maximum atomic E-state index is 12.6. The Kier molecular flexibility index (Phi) is 4.01. The molecule has 25 heavy (non-hydrogen) atoms. The second-order valence-electron chi connectivity index (χ2n) is 6.60. The van der Waals surface area contributed by atoms with Crippen LogP contribution in [-0.2, 0) is 11.3 Å². The molecule has 3 aromatic rings. The highest BCUT2D eigenvalue weighted by molar-refractivity contribution is 6.01. The lowest BCUT2D eigenvalue weighted by Gasteiger charge is -2.28. The number of hydrogen-bond acceptors (Lipinski definition) is 5. The Morgan fingerprint density at radius 2 is 2.28 bits per heavy atom. The molecule has 0 radical (unpaired) electrons. The lowest BCUT2D eigenvalue weighted by Crippen LogP contribution is -2.47. The molecule has 7 heteroatoms. The van der Waals surface area contributed by atoms with E-state index in [1.54, 1.807) is 6.07 Å². The number of carbonyl (C=O) groups is 1. The van der Waals surface area contributed by atoms with Crippen LogP contribution in [0.5, 0.6) is 0 Å². The SMILES string of the molecule is CC1CC(NC(=O)Cn2cnc3c(oc4ccccc43)c2=O)CCN1. The molecule has 2 aromatic heterocycles. The highest BCUT2D eigenvalue weighted by Crippen LogP contribution is 2.23. The summed E-state index contributed by atoms with van der Waals surface area (Å²) in [6.45, 7) is 2.93. The van der Waals surface area contributed by atoms with Gasteiger partial charge in [-0.2, -0.15) is 0 Å². The fraction of sp³-hybridized carbons (Fsp3) is 0.389. The maximum Gasteiger partial charge on any atom is 0.297 e. The molecule has 1 aliphatic rings. The van der Waals surface area contributed by atoms with Crippen molar-refractivity contribution in [3.63, 3.8) is 0 Å². The highest BCUT2D eigenvalue weighted by atomic mass is 16.3. The molecule has 2 unspecified atom stereocenters. The summed E-state index contributed by atoms with van der Waals surface area (Å²) in [5.41, 5.74) is 0.999. The summed E-state index contributed by atoms with van der Waals surface area (Å²) in [5, 5.41) is 7.15. The fourth-order valence-electron chi connectivity index (χ4n) is 3.42. The Bertz CT molecular complexity index is 991. The van der Waals surface area contributed by atoms with E-state index in [4.69, 9.17) is 4.42 Å². The van der Waals surface area contributed by atoms with Crippen molar-refractivity contribution in [2.45, 2.75) is 38.4 Å². The van der Waals surface area contributed by atoms with Gasteiger partial charge in [0.05, 0.1) is 6.33 Å². The minimum absolute atomic E-state index is 0.0584. The van der Waals surface area contributed by atoms with Crippen molar-refractivity contribution < 1.29 is 9.21 Å². The van der Waals surface area contributed by atoms with Gasteiger partial charge in [0.1, 0.15) is 17.6 Å². The molecule has 0 spiro atoms. The number of nitrogens with one attached hydrogen (secondary N) is 2. The van der Waals surface area contributed by atoms with E-state index in [0.717, 1.165) is 24.8 Å². The van der Waals surface area contributed by atoms with Crippen molar-refractivity contribution in [2.24, 2.45) is 0 Å². The molecule has 0 bridgehead atoms. The summed E-state index contributed by atoms with van der Waals surface area (Å²) >= 11 is 0. The Labute approximate surface area is 144 Å². The zero-order chi connectivity index (χ0) is 17.4. The van der Waals surface area contributed by atoms with Crippen LogP contribution in [0.25, 0.3) is 22.1 Å². The van der Waals surface area contributed by atoms with Crippen molar-refractivity contribution in [1.82, 2.24) is 20.2 Å². The first-order valence-electron chi connectivity index (χ1n) is 8.51. The van der Waals surface area contributed by atoms with Crippen molar-refractivity contribution in [3.05, 3.63) is 40.9 Å². The molecule has 3 heterocycles. The molecular weight excluding hydrogens is 320 g/mol. The molecule has 1 amide bonds. The van der Waals surface area contributed by atoms with Gasteiger partial charge < -0.3 is 15.1 Å². The average molecular weight is 340 g/mol. The molecule has 130 valence electrons. The van der Waals surface area contributed by atoms with Gasteiger partial charge in [0.25, 0.3) is 5.56 Å². The summed E-state index contributed by atoms with van der Waals surface area (Å²) in [5.74, 6) is -0.182. The first-order chi connectivity index (χ1) is 12.1. The normalized spacial score (nSPS) is 20.8. The molecule has 1 fully saturated rings. The van der Waals surface area contributed by atoms with Crippen LogP contribution in [0.3, 0.4) is 0 Å². The Morgan fingerprint density at radius 1 is 1.44 bits per heavy atom. The molecule has 1 aliphatic heterocycles. The van der Waals surface area contributed by atoms with E-state index >= 15 is 0 Å². The number of carbonyl (C=O) groups excluding carboxylic acids is 1. The molecule has 4 rings (SSSR count). The van der Waals surface area contributed by atoms with Gasteiger partial charge in [-0.1, -0.05) is 12.1 Å². The minimum atomic E-state index is -0.338. The lowest BCUT2D eigenvalue weighted by atomic mass is 10.0. The Morgan fingerprint density at radius 3 is 3.12 bits per heavy atom. The van der Waals surface area contributed by atoms with E-state index < -0.39 is 0 Å². The maximum absolute atomic E-state index is 12.6. The number of furan rings is 1. The number of rotatable bonds is 3. The number of hydrogen-bond donors (Lipinski definition) is 2. The first kappa shape index (κ1) is 15.8. The smallest absolute Gasteiger partial charge is 0.297 e. The number of nitrogens with zero attached hydrogens (tertiary/aromatic N) is 2. The summed E-state index contributed by atoms with van der Waals surface area (Å²) in [7, 11) is 0. The second-order valence-corrected chi connectivity index (χ2v) is 6.60. The van der Waals surface area contributed by atoms with E-state index in [0.29, 0.717) is 17.1 Å². The number of para-hydroxylation sites is 1. The quantitative estimate of drug-likeness (QED) is 0.752. The predicted octanol–water partition coefficient (Wildman–Crippen LogP) is 1.40. The van der Waals surface area contributed by atoms with Crippen LogP contribution in [0.4, 0.5) is 0 Å². The van der Waals surface area contributed by atoms with Gasteiger partial charge in [0.2, 0.25) is 11.5 Å². The van der Waals surface area contributed by atoms with Crippen LogP contribution >= 0.6 is 0 Å². The number of benzene rings is 1. The third-order valence-corrected chi connectivity index (χ3v) is 4.65. The van der Waals surface area contributed by atoms with E-state index in [1.807, 2.05) is 18.2 Å². The van der Waals surface area contributed by atoms with Gasteiger partial charge >= 0.3 is 0 Å². The molecule has 7 nitrogen and oxygen atoms in total. The highest BCUT2D eigenvalue weighted by Gasteiger charge is 2.20. The van der Waals surface area contributed by atoms with Gasteiger partial charge in [-0.25, -0.2) is 4.98 Å². The number of aromatic nitrogens is 2. The Balaban J connectivity index is 1.57. The molecular formula is C18H20N4O3. The molecule has 0 aliphatic carbocycles. The van der Waals surface area contributed by atoms with Crippen molar-refractivity contribution in [1.29, 1.82) is 0 Å². The van der Waals surface area contributed by atoms with Crippen LogP contribution in [0, 0.1) is 0 Å². The van der Waals surface area contributed by atoms with Gasteiger partial charge in [-0.05, 0) is 38.4 Å². The first-order valence-corrected chi connectivity index (χ1v) is 8.51. The van der Waals surface area contributed by atoms with E-state index in [1.165, 1.54) is 10.9 Å². The summed E-state index contributed by atoms with van der Waals surface area (Å²) in [6.07, 6.45) is 3.20. The third-order valence-electron chi connectivity index (χ3n) is 4.65. The van der Waals surface area contributed by atoms with Crippen LogP contribution < -0.4 is 16.2 Å².